The highest BCUT2D eigenvalue weighted by molar-refractivity contribution is 7.13. The zero-order valence-corrected chi connectivity index (χ0v) is 17.0. The van der Waals surface area contributed by atoms with Gasteiger partial charge in [0.25, 0.3) is 0 Å². The van der Waals surface area contributed by atoms with Crippen molar-refractivity contribution in [3.8, 4) is 5.88 Å². The molecule has 1 aliphatic rings. The lowest BCUT2D eigenvalue weighted by molar-refractivity contribution is 0.261. The Morgan fingerprint density at radius 3 is 2.71 bits per heavy atom. The number of fused-ring (bicyclic) bond motifs is 2. The molecule has 7 heteroatoms. The first-order valence-corrected chi connectivity index (χ1v) is 10.6. The predicted octanol–water partition coefficient (Wildman–Crippen LogP) is 4.32. The zero-order chi connectivity index (χ0) is 19.1. The molecule has 4 aromatic rings. The van der Waals surface area contributed by atoms with Gasteiger partial charge in [-0.1, -0.05) is 18.2 Å². The average Bonchev–Trinajstić information content (AvgIpc) is 3.28. The van der Waals surface area contributed by atoms with E-state index in [9.17, 15) is 5.11 Å². The third kappa shape index (κ3) is 3.21. The molecular weight excluding hydrogens is 392 g/mol. The quantitative estimate of drug-likeness (QED) is 0.542. The van der Waals surface area contributed by atoms with E-state index in [1.807, 2.05) is 6.07 Å². The number of rotatable bonds is 4. The van der Waals surface area contributed by atoms with Gasteiger partial charge in [0.1, 0.15) is 5.82 Å². The standard InChI is InChI=1S/C21H21ClN4OS/c22-26-18-6-5-15(13-16(18)14-20(26)27)7-8-24-9-11-25(12-10-24)21-17-3-1-2-4-19(17)28-23-21/h1-6,13-14,27H,7-12H2. The Bertz CT molecular complexity index is 1130. The van der Waals surface area contributed by atoms with E-state index in [0.717, 1.165) is 55.9 Å². The Labute approximate surface area is 172 Å². The normalized spacial score (nSPS) is 15.7. The summed E-state index contributed by atoms with van der Waals surface area (Å²) in [4.78, 5) is 4.92. The summed E-state index contributed by atoms with van der Waals surface area (Å²) >= 11 is 7.62. The van der Waals surface area contributed by atoms with Crippen LogP contribution in [0.15, 0.2) is 48.5 Å². The molecule has 0 spiro atoms. The van der Waals surface area contributed by atoms with Crippen LogP contribution in [0.4, 0.5) is 5.82 Å². The van der Waals surface area contributed by atoms with Gasteiger partial charge >= 0.3 is 0 Å². The van der Waals surface area contributed by atoms with Crippen LogP contribution in [0.3, 0.4) is 0 Å². The minimum absolute atomic E-state index is 0.0829. The van der Waals surface area contributed by atoms with E-state index < -0.39 is 0 Å². The van der Waals surface area contributed by atoms with Crippen LogP contribution >= 0.6 is 23.3 Å². The molecule has 3 heterocycles. The van der Waals surface area contributed by atoms with E-state index in [4.69, 9.17) is 16.2 Å². The minimum atomic E-state index is 0.0829. The molecule has 1 saturated heterocycles. The molecule has 0 unspecified atom stereocenters. The highest BCUT2D eigenvalue weighted by atomic mass is 35.5. The number of aromatic nitrogens is 2. The number of aromatic hydroxyl groups is 1. The molecule has 0 radical (unpaired) electrons. The third-order valence-corrected chi connectivity index (χ3v) is 6.71. The van der Waals surface area contributed by atoms with Crippen LogP contribution in [0, 0.1) is 0 Å². The van der Waals surface area contributed by atoms with Crippen LogP contribution < -0.4 is 4.90 Å². The molecule has 144 valence electrons. The molecule has 2 aromatic carbocycles. The second-order valence-electron chi connectivity index (χ2n) is 7.26. The maximum Gasteiger partial charge on any atom is 0.207 e. The molecule has 1 fully saturated rings. The molecule has 0 saturated carbocycles. The summed E-state index contributed by atoms with van der Waals surface area (Å²) in [5, 5.41) is 12.0. The fourth-order valence-electron chi connectivity index (χ4n) is 3.94. The van der Waals surface area contributed by atoms with Crippen LogP contribution in [0.2, 0.25) is 0 Å². The summed E-state index contributed by atoms with van der Waals surface area (Å²) in [6.45, 7) is 5.15. The zero-order valence-electron chi connectivity index (χ0n) is 15.4. The lowest BCUT2D eigenvalue weighted by atomic mass is 10.1. The predicted molar refractivity (Wildman–Crippen MR) is 117 cm³/mol. The first kappa shape index (κ1) is 17.8. The van der Waals surface area contributed by atoms with Crippen LogP contribution in [0.1, 0.15) is 5.56 Å². The Hall–Kier alpha value is -2.28. The highest BCUT2D eigenvalue weighted by Gasteiger charge is 2.20. The number of halogens is 1. The molecule has 0 atom stereocenters. The molecule has 5 rings (SSSR count). The Balaban J connectivity index is 1.21. The molecule has 1 aliphatic heterocycles. The Kier molecular flexibility index (Phi) is 4.62. The van der Waals surface area contributed by atoms with Crippen molar-refractivity contribution >= 4 is 50.1 Å². The summed E-state index contributed by atoms with van der Waals surface area (Å²) in [5.74, 6) is 1.22. The Morgan fingerprint density at radius 1 is 1.04 bits per heavy atom. The largest absolute Gasteiger partial charge is 0.494 e. The second-order valence-corrected chi connectivity index (χ2v) is 8.40. The smallest absolute Gasteiger partial charge is 0.207 e. The molecule has 0 amide bonds. The van der Waals surface area contributed by atoms with Gasteiger partial charge in [-0.2, -0.15) is 4.37 Å². The molecule has 0 bridgehead atoms. The number of piperazine rings is 1. The second kappa shape index (κ2) is 7.28. The first-order valence-electron chi connectivity index (χ1n) is 9.50. The van der Waals surface area contributed by atoms with Gasteiger partial charge in [-0.15, -0.1) is 0 Å². The van der Waals surface area contributed by atoms with Gasteiger partial charge in [0.05, 0.1) is 10.2 Å². The van der Waals surface area contributed by atoms with Gasteiger partial charge in [0, 0.05) is 61.3 Å². The first-order chi connectivity index (χ1) is 13.7. The number of anilines is 1. The number of hydrogen-bond acceptors (Lipinski definition) is 5. The summed E-state index contributed by atoms with van der Waals surface area (Å²) in [6.07, 6.45) is 0.990. The van der Waals surface area contributed by atoms with Crippen molar-refractivity contribution in [1.82, 2.24) is 13.4 Å². The van der Waals surface area contributed by atoms with Gasteiger partial charge in [-0.3, -0.25) is 4.90 Å². The topological polar surface area (TPSA) is 44.5 Å². The van der Waals surface area contributed by atoms with Crippen LogP contribution in [-0.2, 0) is 6.42 Å². The van der Waals surface area contributed by atoms with Crippen molar-refractivity contribution in [2.75, 3.05) is 37.6 Å². The summed E-state index contributed by atoms with van der Waals surface area (Å²) < 4.78 is 7.24. The summed E-state index contributed by atoms with van der Waals surface area (Å²) in [7, 11) is 0. The fourth-order valence-corrected chi connectivity index (χ4v) is 4.94. The van der Waals surface area contributed by atoms with E-state index in [1.165, 1.54) is 19.7 Å². The van der Waals surface area contributed by atoms with E-state index in [-0.39, 0.29) is 5.88 Å². The molecular formula is C21H21ClN4OS. The average molecular weight is 413 g/mol. The van der Waals surface area contributed by atoms with Crippen molar-refractivity contribution in [1.29, 1.82) is 0 Å². The fraction of sp³-hybridized carbons (Fsp3) is 0.286. The van der Waals surface area contributed by atoms with Crippen molar-refractivity contribution in [2.24, 2.45) is 0 Å². The maximum absolute atomic E-state index is 9.75. The van der Waals surface area contributed by atoms with E-state index in [2.05, 4.69) is 46.2 Å². The molecule has 2 aromatic heterocycles. The van der Waals surface area contributed by atoms with Gasteiger partial charge in [-0.05, 0) is 47.8 Å². The monoisotopic (exact) mass is 412 g/mol. The van der Waals surface area contributed by atoms with E-state index in [0.29, 0.717) is 0 Å². The lowest BCUT2D eigenvalue weighted by Crippen LogP contribution is -2.47. The summed E-state index contributed by atoms with van der Waals surface area (Å²) in [6, 6.07) is 16.4. The molecule has 28 heavy (non-hydrogen) atoms. The van der Waals surface area contributed by atoms with Crippen LogP contribution in [0.5, 0.6) is 5.88 Å². The number of benzene rings is 2. The van der Waals surface area contributed by atoms with Crippen LogP contribution in [-0.4, -0.2) is 51.2 Å². The van der Waals surface area contributed by atoms with Crippen molar-refractivity contribution in [3.63, 3.8) is 0 Å². The lowest BCUT2D eigenvalue weighted by Gasteiger charge is -2.35. The van der Waals surface area contributed by atoms with Crippen LogP contribution in [0.25, 0.3) is 21.0 Å². The molecule has 1 N–H and O–H groups in total. The highest BCUT2D eigenvalue weighted by Crippen LogP contribution is 2.30. The third-order valence-electron chi connectivity index (χ3n) is 5.54. The van der Waals surface area contributed by atoms with Crippen molar-refractivity contribution in [3.05, 3.63) is 54.1 Å². The van der Waals surface area contributed by atoms with E-state index >= 15 is 0 Å². The van der Waals surface area contributed by atoms with Crippen molar-refractivity contribution < 1.29 is 5.11 Å². The van der Waals surface area contributed by atoms with E-state index in [1.54, 1.807) is 17.6 Å². The minimum Gasteiger partial charge on any atom is -0.494 e. The Morgan fingerprint density at radius 2 is 1.86 bits per heavy atom. The SMILES string of the molecule is Oc1cc2cc(CCN3CCN(c4nsc5ccccc45)CC3)ccc2n1Cl. The maximum atomic E-state index is 9.75. The van der Waals surface area contributed by atoms with Gasteiger partial charge in [0.15, 0.2) is 0 Å². The van der Waals surface area contributed by atoms with Crippen molar-refractivity contribution in [2.45, 2.75) is 6.42 Å². The van der Waals surface area contributed by atoms with Gasteiger partial charge in [-0.25, -0.2) is 4.09 Å². The van der Waals surface area contributed by atoms with Gasteiger partial charge < -0.3 is 10.0 Å². The molecule has 0 aliphatic carbocycles. The number of nitrogens with zero attached hydrogens (tertiary/aromatic N) is 4. The molecule has 5 nitrogen and oxygen atoms in total. The number of hydrogen-bond donors (Lipinski definition) is 1. The summed E-state index contributed by atoms with van der Waals surface area (Å²) in [5.41, 5.74) is 2.11. The van der Waals surface area contributed by atoms with Gasteiger partial charge in [0.2, 0.25) is 5.88 Å².